The van der Waals surface area contributed by atoms with Crippen molar-refractivity contribution in [3.63, 3.8) is 0 Å². The highest BCUT2D eigenvalue weighted by Crippen LogP contribution is 2.25. The largest absolute Gasteiger partial charge is 0.368 e. The van der Waals surface area contributed by atoms with Crippen LogP contribution in [0.15, 0.2) is 48.7 Å². The van der Waals surface area contributed by atoms with Gasteiger partial charge in [0.2, 0.25) is 11.9 Å². The number of piperidine rings is 1. The zero-order valence-corrected chi connectivity index (χ0v) is 17.4. The molecule has 3 aromatic rings. The number of anilines is 2. The van der Waals surface area contributed by atoms with E-state index in [-0.39, 0.29) is 11.8 Å². The van der Waals surface area contributed by atoms with E-state index in [1.54, 1.807) is 0 Å². The monoisotopic (exact) mass is 404 g/mol. The molecule has 1 aromatic carbocycles. The van der Waals surface area contributed by atoms with E-state index in [1.807, 2.05) is 28.8 Å². The molecule has 0 radical (unpaired) electrons. The Morgan fingerprint density at radius 1 is 0.933 bits per heavy atom. The molecule has 1 amide bonds. The first kappa shape index (κ1) is 18.9. The van der Waals surface area contributed by atoms with Crippen molar-refractivity contribution in [3.05, 3.63) is 54.2 Å². The van der Waals surface area contributed by atoms with Crippen LogP contribution in [0.3, 0.4) is 0 Å². The van der Waals surface area contributed by atoms with Crippen molar-refractivity contribution in [2.75, 3.05) is 49.1 Å². The van der Waals surface area contributed by atoms with Gasteiger partial charge in [-0.3, -0.25) is 9.20 Å². The third kappa shape index (κ3) is 3.49. The van der Waals surface area contributed by atoms with Crippen LogP contribution in [-0.4, -0.2) is 64.7 Å². The van der Waals surface area contributed by atoms with Gasteiger partial charge < -0.3 is 14.7 Å². The number of carbonyl (C=O) groups excluding carboxylic acids is 1. The number of piperazine rings is 1. The number of rotatable bonds is 3. The number of amides is 1. The number of para-hydroxylation sites is 1. The van der Waals surface area contributed by atoms with E-state index in [4.69, 9.17) is 0 Å². The van der Waals surface area contributed by atoms with Crippen molar-refractivity contribution in [1.82, 2.24) is 19.5 Å². The van der Waals surface area contributed by atoms with Crippen LogP contribution in [-0.2, 0) is 4.79 Å². The molecule has 1 atom stereocenters. The van der Waals surface area contributed by atoms with Gasteiger partial charge in [0.05, 0.1) is 5.92 Å². The average Bonchev–Trinajstić information content (AvgIpc) is 3.23. The molecular weight excluding hydrogens is 376 g/mol. The molecule has 7 nitrogen and oxygen atoms in total. The highest BCUT2D eigenvalue weighted by molar-refractivity contribution is 5.80. The van der Waals surface area contributed by atoms with Crippen LogP contribution in [0.4, 0.5) is 11.6 Å². The van der Waals surface area contributed by atoms with Crippen LogP contribution in [0.5, 0.6) is 0 Å². The van der Waals surface area contributed by atoms with Gasteiger partial charge in [-0.25, -0.2) is 0 Å². The van der Waals surface area contributed by atoms with Crippen LogP contribution in [0.2, 0.25) is 0 Å². The molecule has 156 valence electrons. The van der Waals surface area contributed by atoms with E-state index in [0.717, 1.165) is 57.2 Å². The topological polar surface area (TPSA) is 57.0 Å². The second kappa shape index (κ2) is 7.97. The maximum absolute atomic E-state index is 13.3. The second-order valence-corrected chi connectivity index (χ2v) is 8.31. The van der Waals surface area contributed by atoms with Gasteiger partial charge in [0.15, 0.2) is 5.65 Å². The van der Waals surface area contributed by atoms with E-state index in [9.17, 15) is 4.79 Å². The first-order chi connectivity index (χ1) is 14.7. The second-order valence-electron chi connectivity index (χ2n) is 8.31. The fraction of sp³-hybridized carbons (Fsp3) is 0.435. The predicted octanol–water partition coefficient (Wildman–Crippen LogP) is 2.60. The summed E-state index contributed by atoms with van der Waals surface area (Å²) in [7, 11) is 0. The van der Waals surface area contributed by atoms with Crippen LogP contribution in [0.1, 0.15) is 18.4 Å². The molecule has 30 heavy (non-hydrogen) atoms. The Bertz CT molecular complexity index is 1040. The maximum Gasteiger partial charge on any atom is 0.231 e. The van der Waals surface area contributed by atoms with Gasteiger partial charge in [-0.05, 0) is 43.5 Å². The molecule has 2 aliphatic heterocycles. The third-order valence-electron chi connectivity index (χ3n) is 6.40. The first-order valence-electron chi connectivity index (χ1n) is 10.8. The van der Waals surface area contributed by atoms with E-state index >= 15 is 0 Å². The van der Waals surface area contributed by atoms with Crippen molar-refractivity contribution >= 4 is 23.2 Å². The number of aromatic nitrogens is 3. The van der Waals surface area contributed by atoms with Crippen molar-refractivity contribution in [3.8, 4) is 0 Å². The lowest BCUT2D eigenvalue weighted by molar-refractivity contribution is -0.136. The molecule has 0 aliphatic carbocycles. The molecule has 2 aromatic heterocycles. The summed E-state index contributed by atoms with van der Waals surface area (Å²) in [6.07, 6.45) is 3.94. The Kier molecular flexibility index (Phi) is 5.02. The zero-order chi connectivity index (χ0) is 20.5. The van der Waals surface area contributed by atoms with Gasteiger partial charge >= 0.3 is 0 Å². The van der Waals surface area contributed by atoms with E-state index < -0.39 is 0 Å². The SMILES string of the molecule is Cc1ccccc1N1CCN(C(=O)C2CCCN(c3nnc4ccccn34)C2)CC1. The molecule has 2 fully saturated rings. The van der Waals surface area contributed by atoms with E-state index in [0.29, 0.717) is 6.54 Å². The lowest BCUT2D eigenvalue weighted by Crippen LogP contribution is -2.53. The van der Waals surface area contributed by atoms with Crippen molar-refractivity contribution in [2.24, 2.45) is 5.92 Å². The number of fused-ring (bicyclic) bond motifs is 1. The minimum absolute atomic E-state index is 0.0276. The van der Waals surface area contributed by atoms with Crippen LogP contribution in [0.25, 0.3) is 5.65 Å². The summed E-state index contributed by atoms with van der Waals surface area (Å²) in [5.41, 5.74) is 3.42. The van der Waals surface area contributed by atoms with Crippen molar-refractivity contribution < 1.29 is 4.79 Å². The van der Waals surface area contributed by atoms with Crippen molar-refractivity contribution in [2.45, 2.75) is 19.8 Å². The number of benzene rings is 1. The number of carbonyl (C=O) groups is 1. The average molecular weight is 405 g/mol. The lowest BCUT2D eigenvalue weighted by atomic mass is 9.96. The highest BCUT2D eigenvalue weighted by Gasteiger charge is 2.32. The minimum Gasteiger partial charge on any atom is -0.368 e. The van der Waals surface area contributed by atoms with E-state index in [1.165, 1.54) is 11.3 Å². The number of hydrogen-bond acceptors (Lipinski definition) is 5. The minimum atomic E-state index is 0.0276. The van der Waals surface area contributed by atoms with Gasteiger partial charge in [-0.2, -0.15) is 0 Å². The first-order valence-corrected chi connectivity index (χ1v) is 10.8. The lowest BCUT2D eigenvalue weighted by Gasteiger charge is -2.40. The Balaban J connectivity index is 1.24. The van der Waals surface area contributed by atoms with Gasteiger partial charge in [0.1, 0.15) is 0 Å². The summed E-state index contributed by atoms with van der Waals surface area (Å²) in [4.78, 5) is 20.0. The Hall–Kier alpha value is -3.09. The Morgan fingerprint density at radius 3 is 2.57 bits per heavy atom. The van der Waals surface area contributed by atoms with Gasteiger partial charge in [-0.15, -0.1) is 10.2 Å². The summed E-state index contributed by atoms with van der Waals surface area (Å²) < 4.78 is 2.01. The molecule has 0 N–H and O–H groups in total. The molecule has 2 saturated heterocycles. The van der Waals surface area contributed by atoms with Gasteiger partial charge in [0, 0.05) is 51.2 Å². The summed E-state index contributed by atoms with van der Waals surface area (Å²) >= 11 is 0. The number of pyridine rings is 1. The van der Waals surface area contributed by atoms with Gasteiger partial charge in [-0.1, -0.05) is 24.3 Å². The molecule has 5 rings (SSSR count). The number of nitrogens with zero attached hydrogens (tertiary/aromatic N) is 6. The standard InChI is InChI=1S/C23H28N6O/c1-18-7-2-3-9-20(18)26-13-15-27(16-14-26)22(30)19-8-6-11-28(17-19)23-25-24-21-10-4-5-12-29(21)23/h2-5,7,9-10,12,19H,6,8,11,13-17H2,1H3. The zero-order valence-electron chi connectivity index (χ0n) is 17.4. The molecule has 1 unspecified atom stereocenters. The summed E-state index contributed by atoms with van der Waals surface area (Å²) in [5.74, 6) is 1.16. The Labute approximate surface area is 176 Å². The maximum atomic E-state index is 13.3. The Morgan fingerprint density at radius 2 is 1.73 bits per heavy atom. The number of hydrogen-bond donors (Lipinski definition) is 0. The molecule has 0 saturated carbocycles. The third-order valence-corrected chi connectivity index (χ3v) is 6.40. The predicted molar refractivity (Wildman–Crippen MR) is 118 cm³/mol. The van der Waals surface area contributed by atoms with E-state index in [2.05, 4.69) is 56.1 Å². The normalized spacial score (nSPS) is 20.0. The molecule has 4 heterocycles. The smallest absolute Gasteiger partial charge is 0.231 e. The fourth-order valence-corrected chi connectivity index (χ4v) is 4.75. The fourth-order valence-electron chi connectivity index (χ4n) is 4.75. The van der Waals surface area contributed by atoms with Gasteiger partial charge in [0.25, 0.3) is 0 Å². The molecule has 2 aliphatic rings. The molecule has 7 heteroatoms. The van der Waals surface area contributed by atoms with Crippen molar-refractivity contribution in [1.29, 1.82) is 0 Å². The van der Waals surface area contributed by atoms with Crippen LogP contribution >= 0.6 is 0 Å². The number of aryl methyl sites for hydroxylation is 1. The van der Waals surface area contributed by atoms with Crippen LogP contribution < -0.4 is 9.80 Å². The molecule has 0 bridgehead atoms. The summed E-state index contributed by atoms with van der Waals surface area (Å²) in [6.45, 7) is 7.14. The van der Waals surface area contributed by atoms with Crippen LogP contribution in [0, 0.1) is 12.8 Å². The summed E-state index contributed by atoms with van der Waals surface area (Å²) in [5, 5.41) is 8.65. The highest BCUT2D eigenvalue weighted by atomic mass is 16.2. The molecular formula is C23H28N6O. The quantitative estimate of drug-likeness (QED) is 0.672. The summed E-state index contributed by atoms with van der Waals surface area (Å²) in [6, 6.07) is 14.4. The molecule has 0 spiro atoms.